The number of morpholine rings is 1. The number of nitrogens with two attached hydrogens (primary N) is 1. The highest BCUT2D eigenvalue weighted by atomic mass is 35.5. The lowest BCUT2D eigenvalue weighted by molar-refractivity contribution is 0.0674. The Morgan fingerprint density at radius 1 is 1.33 bits per heavy atom. The predicted octanol–water partition coefficient (Wildman–Crippen LogP) is 2.74. The maximum atomic E-state index is 6.25. The van der Waals surface area contributed by atoms with Crippen LogP contribution >= 0.6 is 23.2 Å². The molecular weight excluding hydrogens is 309 g/mol. The number of rotatable bonds is 3. The summed E-state index contributed by atoms with van der Waals surface area (Å²) in [6, 6.07) is 5.72. The first kappa shape index (κ1) is 14.9. The first-order valence-corrected chi connectivity index (χ1v) is 7.98. The van der Waals surface area contributed by atoms with Crippen LogP contribution in [0.15, 0.2) is 23.2 Å². The van der Waals surface area contributed by atoms with Crippen LogP contribution in [0.25, 0.3) is 0 Å². The molecule has 1 aliphatic heterocycles. The van der Waals surface area contributed by atoms with Gasteiger partial charge in [-0.15, -0.1) is 0 Å². The zero-order valence-electron chi connectivity index (χ0n) is 11.8. The molecule has 3 rings (SSSR count). The van der Waals surface area contributed by atoms with Crippen molar-refractivity contribution in [2.75, 3.05) is 32.8 Å². The van der Waals surface area contributed by atoms with E-state index in [2.05, 4.69) is 9.89 Å². The monoisotopic (exact) mass is 327 g/mol. The minimum Gasteiger partial charge on any atom is -0.378 e. The van der Waals surface area contributed by atoms with Gasteiger partial charge in [0.1, 0.15) is 0 Å². The number of ether oxygens (including phenoxy) is 1. The quantitative estimate of drug-likeness (QED) is 0.686. The Hall–Kier alpha value is -0.970. The highest BCUT2D eigenvalue weighted by Crippen LogP contribution is 2.50. The second-order valence-electron chi connectivity index (χ2n) is 5.57. The average molecular weight is 328 g/mol. The van der Waals surface area contributed by atoms with Crippen molar-refractivity contribution in [3.8, 4) is 0 Å². The Balaban J connectivity index is 1.56. The van der Waals surface area contributed by atoms with Gasteiger partial charge in [0.05, 0.1) is 13.2 Å². The van der Waals surface area contributed by atoms with Crippen LogP contribution in [0.1, 0.15) is 17.9 Å². The summed E-state index contributed by atoms with van der Waals surface area (Å²) in [6.07, 6.45) is 1.11. The summed E-state index contributed by atoms with van der Waals surface area (Å²) in [6.45, 7) is 3.86. The van der Waals surface area contributed by atoms with Crippen molar-refractivity contribution < 1.29 is 4.74 Å². The van der Waals surface area contributed by atoms with Crippen molar-refractivity contribution in [1.29, 1.82) is 0 Å². The number of benzene rings is 1. The van der Waals surface area contributed by atoms with Crippen molar-refractivity contribution >= 4 is 29.2 Å². The summed E-state index contributed by atoms with van der Waals surface area (Å²) >= 11 is 12.2. The zero-order chi connectivity index (χ0) is 14.8. The van der Waals surface area contributed by atoms with Gasteiger partial charge in [-0.25, -0.2) is 0 Å². The topological polar surface area (TPSA) is 50.8 Å². The van der Waals surface area contributed by atoms with Gasteiger partial charge in [0.25, 0.3) is 0 Å². The third-order valence-corrected chi connectivity index (χ3v) is 4.67. The summed E-state index contributed by atoms with van der Waals surface area (Å²) < 4.78 is 5.31. The molecule has 1 saturated heterocycles. The van der Waals surface area contributed by atoms with E-state index in [1.54, 1.807) is 6.07 Å². The lowest BCUT2D eigenvalue weighted by Gasteiger charge is -2.27. The fraction of sp³-hybridized carbons (Fsp3) is 0.533. The molecule has 4 nitrogen and oxygen atoms in total. The molecule has 0 radical (unpaired) electrons. The molecule has 6 heteroatoms. The van der Waals surface area contributed by atoms with Crippen LogP contribution in [0.2, 0.25) is 10.0 Å². The molecule has 0 spiro atoms. The van der Waals surface area contributed by atoms with Crippen molar-refractivity contribution in [2.24, 2.45) is 16.6 Å². The van der Waals surface area contributed by atoms with Gasteiger partial charge in [-0.1, -0.05) is 29.3 Å². The van der Waals surface area contributed by atoms with E-state index in [-0.39, 0.29) is 0 Å². The zero-order valence-corrected chi connectivity index (χ0v) is 13.3. The molecule has 0 bridgehead atoms. The molecule has 2 atom stereocenters. The van der Waals surface area contributed by atoms with Crippen LogP contribution in [0, 0.1) is 5.92 Å². The van der Waals surface area contributed by atoms with Gasteiger partial charge in [-0.05, 0) is 36.0 Å². The van der Waals surface area contributed by atoms with Crippen LogP contribution < -0.4 is 5.73 Å². The summed E-state index contributed by atoms with van der Waals surface area (Å²) in [5.41, 5.74) is 7.21. The van der Waals surface area contributed by atoms with Crippen molar-refractivity contribution in [2.45, 2.75) is 12.3 Å². The van der Waals surface area contributed by atoms with Crippen molar-refractivity contribution in [3.63, 3.8) is 0 Å². The van der Waals surface area contributed by atoms with Gasteiger partial charge in [0.2, 0.25) is 0 Å². The molecule has 1 aromatic rings. The number of aliphatic imine (C=N–C) groups is 1. The lowest BCUT2D eigenvalue weighted by Crippen LogP contribution is -2.44. The molecule has 0 amide bonds. The van der Waals surface area contributed by atoms with E-state index < -0.39 is 0 Å². The first-order valence-electron chi connectivity index (χ1n) is 7.22. The summed E-state index contributed by atoms with van der Waals surface area (Å²) in [4.78, 5) is 6.61. The molecular formula is C15H19Cl2N3O. The van der Waals surface area contributed by atoms with Crippen LogP contribution in [0.4, 0.5) is 0 Å². The smallest absolute Gasteiger partial charge is 0.191 e. The molecule has 1 saturated carbocycles. The third-order valence-electron chi connectivity index (χ3n) is 4.11. The molecule has 1 aliphatic carbocycles. The second-order valence-corrected chi connectivity index (χ2v) is 6.41. The van der Waals surface area contributed by atoms with Crippen molar-refractivity contribution in [1.82, 2.24) is 4.90 Å². The molecule has 1 heterocycles. The average Bonchev–Trinajstić information content (AvgIpc) is 3.25. The van der Waals surface area contributed by atoms with Crippen LogP contribution in [0.3, 0.4) is 0 Å². The van der Waals surface area contributed by atoms with Crippen LogP contribution in [-0.2, 0) is 4.74 Å². The van der Waals surface area contributed by atoms with E-state index in [0.29, 0.717) is 22.8 Å². The third kappa shape index (κ3) is 3.62. The van der Waals surface area contributed by atoms with E-state index in [9.17, 15) is 0 Å². The van der Waals surface area contributed by atoms with Gasteiger partial charge in [-0.2, -0.15) is 0 Å². The SMILES string of the molecule is NC(=NCC1CC1c1ccc(Cl)cc1Cl)N1CCOCC1. The van der Waals surface area contributed by atoms with E-state index in [1.807, 2.05) is 12.1 Å². The summed E-state index contributed by atoms with van der Waals surface area (Å²) in [5, 5.41) is 1.43. The number of hydrogen-bond donors (Lipinski definition) is 1. The van der Waals surface area contributed by atoms with Gasteiger partial charge >= 0.3 is 0 Å². The van der Waals surface area contributed by atoms with Gasteiger partial charge in [0, 0.05) is 29.7 Å². The molecule has 2 fully saturated rings. The minimum atomic E-state index is 0.482. The minimum absolute atomic E-state index is 0.482. The fourth-order valence-electron chi connectivity index (χ4n) is 2.74. The Morgan fingerprint density at radius 3 is 2.81 bits per heavy atom. The molecule has 0 aromatic heterocycles. The molecule has 1 aromatic carbocycles. The highest BCUT2D eigenvalue weighted by molar-refractivity contribution is 6.35. The highest BCUT2D eigenvalue weighted by Gasteiger charge is 2.39. The van der Waals surface area contributed by atoms with E-state index in [0.717, 1.165) is 44.3 Å². The fourth-order valence-corrected chi connectivity index (χ4v) is 3.28. The maximum absolute atomic E-state index is 6.25. The number of hydrogen-bond acceptors (Lipinski definition) is 2. The standard InChI is InChI=1S/C15H19Cl2N3O/c16-11-1-2-12(14(17)8-11)13-7-10(13)9-19-15(18)20-3-5-21-6-4-20/h1-2,8,10,13H,3-7,9H2,(H2,18,19). The Morgan fingerprint density at radius 2 is 2.10 bits per heavy atom. The molecule has 2 aliphatic rings. The van der Waals surface area contributed by atoms with E-state index >= 15 is 0 Å². The predicted molar refractivity (Wildman–Crippen MR) is 86.2 cm³/mol. The molecule has 2 N–H and O–H groups in total. The largest absolute Gasteiger partial charge is 0.378 e. The maximum Gasteiger partial charge on any atom is 0.191 e. The first-order chi connectivity index (χ1) is 10.1. The Labute approximate surface area is 134 Å². The Kier molecular flexibility index (Phi) is 4.57. The molecule has 114 valence electrons. The van der Waals surface area contributed by atoms with Gasteiger partial charge in [-0.3, -0.25) is 4.99 Å². The Bertz CT molecular complexity index is 544. The number of nitrogens with zero attached hydrogens (tertiary/aromatic N) is 2. The molecule has 21 heavy (non-hydrogen) atoms. The number of guanidine groups is 1. The second kappa shape index (κ2) is 6.42. The van der Waals surface area contributed by atoms with E-state index in [1.165, 1.54) is 5.56 Å². The van der Waals surface area contributed by atoms with Gasteiger partial charge in [0.15, 0.2) is 5.96 Å². The lowest BCUT2D eigenvalue weighted by atomic mass is 10.1. The normalized spacial score (nSPS) is 26.0. The molecule has 2 unspecified atom stereocenters. The van der Waals surface area contributed by atoms with Crippen molar-refractivity contribution in [3.05, 3.63) is 33.8 Å². The van der Waals surface area contributed by atoms with Gasteiger partial charge < -0.3 is 15.4 Å². The summed E-state index contributed by atoms with van der Waals surface area (Å²) in [7, 11) is 0. The number of halogens is 2. The summed E-state index contributed by atoms with van der Waals surface area (Å²) in [5.74, 6) is 1.64. The van der Waals surface area contributed by atoms with E-state index in [4.69, 9.17) is 33.7 Å². The van der Waals surface area contributed by atoms with Crippen LogP contribution in [0.5, 0.6) is 0 Å². The van der Waals surface area contributed by atoms with Crippen LogP contribution in [-0.4, -0.2) is 43.7 Å².